The highest BCUT2D eigenvalue weighted by molar-refractivity contribution is 6.35. The van der Waals surface area contributed by atoms with Crippen molar-refractivity contribution in [3.8, 4) is 11.5 Å². The molecule has 1 aromatic heterocycles. The van der Waals surface area contributed by atoms with E-state index in [4.69, 9.17) is 32.7 Å². The van der Waals surface area contributed by atoms with Gasteiger partial charge in [-0.05, 0) is 61.7 Å². The molecular weight excluding hydrogens is 507 g/mol. The van der Waals surface area contributed by atoms with E-state index in [2.05, 4.69) is 34.7 Å². The molecule has 0 aliphatic carbocycles. The van der Waals surface area contributed by atoms with E-state index in [1.165, 1.54) is 0 Å². The number of ketones is 1. The molecule has 0 N–H and O–H groups in total. The minimum absolute atomic E-state index is 0.0892. The number of carbonyl (C=O) groups excluding carboxylic acids is 1. The maximum absolute atomic E-state index is 13.5. The Hall–Kier alpha value is -3.25. The third-order valence-electron chi connectivity index (χ3n) is 7.15. The molecule has 2 aliphatic rings. The van der Waals surface area contributed by atoms with Crippen LogP contribution in [0.15, 0.2) is 60.5 Å². The fourth-order valence-electron chi connectivity index (χ4n) is 5.22. The first-order chi connectivity index (χ1) is 17.9. The van der Waals surface area contributed by atoms with Crippen molar-refractivity contribution in [1.29, 1.82) is 0 Å². The standard InChI is InChI=1S/C30H26Cl2N2O3/c1-3-34-15-20(22-6-4-5-7-25(22)34)13-27-29(35)28-18(2)12-26-23(30(28)37-27)16-33(17-36-26)11-10-19-8-9-21(31)14-24(19)32/h4-9,12-15H,3,10-11,16-17H2,1-2H3/b27-13+. The fraction of sp³-hybridized carbons (Fsp3) is 0.233. The van der Waals surface area contributed by atoms with Crippen LogP contribution < -0.4 is 9.47 Å². The number of nitrogens with zero attached hydrogens (tertiary/aromatic N) is 2. The van der Waals surface area contributed by atoms with Crippen molar-refractivity contribution < 1.29 is 14.3 Å². The Balaban J connectivity index is 1.29. The molecule has 0 unspecified atom stereocenters. The van der Waals surface area contributed by atoms with Gasteiger partial charge in [-0.3, -0.25) is 9.69 Å². The number of aryl methyl sites for hydroxylation is 2. The van der Waals surface area contributed by atoms with E-state index in [0.29, 0.717) is 40.4 Å². The van der Waals surface area contributed by atoms with Crippen LogP contribution >= 0.6 is 23.2 Å². The lowest BCUT2D eigenvalue weighted by Gasteiger charge is -2.30. The number of hydrogen-bond acceptors (Lipinski definition) is 4. The Morgan fingerprint density at radius 3 is 2.76 bits per heavy atom. The van der Waals surface area contributed by atoms with Gasteiger partial charge in [-0.15, -0.1) is 0 Å². The Bertz CT molecular complexity index is 1590. The minimum atomic E-state index is -0.0892. The van der Waals surface area contributed by atoms with Crippen LogP contribution in [0, 0.1) is 6.92 Å². The van der Waals surface area contributed by atoms with Crippen LogP contribution in [0.1, 0.15) is 39.5 Å². The lowest BCUT2D eigenvalue weighted by Crippen LogP contribution is -2.34. The summed E-state index contributed by atoms with van der Waals surface area (Å²) in [6.45, 7) is 6.72. The second kappa shape index (κ2) is 9.56. The van der Waals surface area contributed by atoms with Gasteiger partial charge in [0.05, 0.1) is 11.1 Å². The predicted octanol–water partition coefficient (Wildman–Crippen LogP) is 7.29. The zero-order valence-electron chi connectivity index (χ0n) is 20.7. The first-order valence-electron chi connectivity index (χ1n) is 12.4. The summed E-state index contributed by atoms with van der Waals surface area (Å²) in [6.07, 6.45) is 4.70. The molecule has 2 aliphatic heterocycles. The fourth-order valence-corrected chi connectivity index (χ4v) is 5.72. The van der Waals surface area contributed by atoms with Gasteiger partial charge in [-0.25, -0.2) is 0 Å². The topological polar surface area (TPSA) is 43.7 Å². The average Bonchev–Trinajstić information content (AvgIpc) is 3.42. The maximum atomic E-state index is 13.5. The summed E-state index contributed by atoms with van der Waals surface area (Å²) in [4.78, 5) is 15.7. The van der Waals surface area contributed by atoms with Crippen molar-refractivity contribution in [2.24, 2.45) is 0 Å². The molecule has 4 aromatic rings. The smallest absolute Gasteiger partial charge is 0.232 e. The Morgan fingerprint density at radius 1 is 1.11 bits per heavy atom. The van der Waals surface area contributed by atoms with Crippen LogP contribution in [0.2, 0.25) is 10.0 Å². The maximum Gasteiger partial charge on any atom is 0.232 e. The molecule has 0 saturated carbocycles. The Morgan fingerprint density at radius 2 is 1.95 bits per heavy atom. The van der Waals surface area contributed by atoms with E-state index >= 15 is 0 Å². The third kappa shape index (κ3) is 4.31. The number of rotatable bonds is 5. The largest absolute Gasteiger partial charge is 0.478 e. The molecule has 7 heteroatoms. The van der Waals surface area contributed by atoms with Gasteiger partial charge >= 0.3 is 0 Å². The van der Waals surface area contributed by atoms with E-state index in [1.54, 1.807) is 6.07 Å². The van der Waals surface area contributed by atoms with Crippen LogP contribution in [0.5, 0.6) is 11.5 Å². The summed E-state index contributed by atoms with van der Waals surface area (Å²) < 4.78 is 14.6. The molecule has 0 fully saturated rings. The molecule has 0 radical (unpaired) electrons. The first kappa shape index (κ1) is 24.1. The molecule has 0 spiro atoms. The highest BCUT2D eigenvalue weighted by Gasteiger charge is 2.35. The molecule has 6 rings (SSSR count). The number of hydrogen-bond donors (Lipinski definition) is 0. The summed E-state index contributed by atoms with van der Waals surface area (Å²) in [5.41, 5.74) is 5.53. The lowest BCUT2D eigenvalue weighted by molar-refractivity contribution is 0.0949. The number of para-hydroxylation sites is 1. The van der Waals surface area contributed by atoms with Crippen molar-refractivity contribution in [3.05, 3.63) is 98.3 Å². The molecule has 3 aromatic carbocycles. The number of ether oxygens (including phenoxy) is 2. The number of halogens is 2. The number of aromatic nitrogens is 1. The zero-order valence-corrected chi connectivity index (χ0v) is 22.2. The van der Waals surface area contributed by atoms with E-state index in [9.17, 15) is 4.79 Å². The minimum Gasteiger partial charge on any atom is -0.478 e. The van der Waals surface area contributed by atoms with Crippen molar-refractivity contribution >= 4 is 46.0 Å². The van der Waals surface area contributed by atoms with Crippen molar-refractivity contribution in [2.45, 2.75) is 33.4 Å². The van der Waals surface area contributed by atoms with Gasteiger partial charge in [-0.1, -0.05) is 47.5 Å². The third-order valence-corrected chi connectivity index (χ3v) is 7.73. The SMILES string of the molecule is CCn1cc(/C=C2/Oc3c4c(cc(C)c3C2=O)OCN(CCc2ccc(Cl)cc2Cl)C4)c2ccccc21. The van der Waals surface area contributed by atoms with Crippen molar-refractivity contribution in [3.63, 3.8) is 0 Å². The molecule has 0 bridgehead atoms. The van der Waals surface area contributed by atoms with Crippen LogP contribution in [0.25, 0.3) is 17.0 Å². The summed E-state index contributed by atoms with van der Waals surface area (Å²) in [6, 6.07) is 15.7. The molecule has 0 atom stereocenters. The monoisotopic (exact) mass is 532 g/mol. The number of benzene rings is 3. The zero-order chi connectivity index (χ0) is 25.7. The first-order valence-corrected chi connectivity index (χ1v) is 13.2. The quantitative estimate of drug-likeness (QED) is 0.253. The normalized spacial score (nSPS) is 16.1. The molecule has 188 valence electrons. The molecule has 37 heavy (non-hydrogen) atoms. The summed E-state index contributed by atoms with van der Waals surface area (Å²) in [5, 5.41) is 2.38. The van der Waals surface area contributed by atoms with Crippen LogP contribution in [0.3, 0.4) is 0 Å². The number of Topliss-reactive ketones (excluding diaryl/α,β-unsaturated/α-hetero) is 1. The highest BCUT2D eigenvalue weighted by atomic mass is 35.5. The van der Waals surface area contributed by atoms with E-state index in [-0.39, 0.29) is 5.78 Å². The number of fused-ring (bicyclic) bond motifs is 4. The van der Waals surface area contributed by atoms with Crippen LogP contribution in [-0.4, -0.2) is 28.5 Å². The van der Waals surface area contributed by atoms with E-state index < -0.39 is 0 Å². The van der Waals surface area contributed by atoms with Gasteiger partial charge in [0.2, 0.25) is 5.78 Å². The van der Waals surface area contributed by atoms with Gasteiger partial charge in [0.1, 0.15) is 18.2 Å². The van der Waals surface area contributed by atoms with Gasteiger partial charge in [0, 0.05) is 52.3 Å². The molecule has 3 heterocycles. The lowest BCUT2D eigenvalue weighted by atomic mass is 9.98. The molecule has 5 nitrogen and oxygen atoms in total. The molecular formula is C30H26Cl2N2O3. The average molecular weight is 533 g/mol. The van der Waals surface area contributed by atoms with Crippen LogP contribution in [0.4, 0.5) is 0 Å². The van der Waals surface area contributed by atoms with Crippen LogP contribution in [-0.2, 0) is 19.5 Å². The molecule has 0 saturated heterocycles. The number of carbonyl (C=O) groups is 1. The second-order valence-electron chi connectivity index (χ2n) is 9.51. The second-order valence-corrected chi connectivity index (χ2v) is 10.4. The summed E-state index contributed by atoms with van der Waals surface area (Å²) in [7, 11) is 0. The van der Waals surface area contributed by atoms with Gasteiger partial charge < -0.3 is 14.0 Å². The van der Waals surface area contributed by atoms with E-state index in [0.717, 1.165) is 58.4 Å². The van der Waals surface area contributed by atoms with Gasteiger partial charge in [0.15, 0.2) is 5.76 Å². The van der Waals surface area contributed by atoms with E-state index in [1.807, 2.05) is 43.3 Å². The van der Waals surface area contributed by atoms with Crippen molar-refractivity contribution in [1.82, 2.24) is 9.47 Å². The summed E-state index contributed by atoms with van der Waals surface area (Å²) in [5.74, 6) is 1.64. The van der Waals surface area contributed by atoms with Gasteiger partial charge in [-0.2, -0.15) is 0 Å². The predicted molar refractivity (Wildman–Crippen MR) is 148 cm³/mol. The van der Waals surface area contributed by atoms with Crippen molar-refractivity contribution in [2.75, 3.05) is 13.3 Å². The van der Waals surface area contributed by atoms with Gasteiger partial charge in [0.25, 0.3) is 0 Å². The summed E-state index contributed by atoms with van der Waals surface area (Å²) >= 11 is 12.4. The number of allylic oxidation sites excluding steroid dienone is 1. The molecule has 0 amide bonds. The Kier molecular flexibility index (Phi) is 6.23. The highest BCUT2D eigenvalue weighted by Crippen LogP contribution is 2.44. The Labute approximate surface area is 225 Å².